The summed E-state index contributed by atoms with van der Waals surface area (Å²) < 4.78 is 51.9. The van der Waals surface area contributed by atoms with Crippen molar-refractivity contribution in [1.82, 2.24) is 0 Å². The fraction of sp³-hybridized carbons (Fsp3) is 0.944. The molecule has 0 N–H and O–H groups in total. The standard InChI is InChI=1S/C18H30F3NO2/c1-6-16(5,10-13(3)12-22)15-8-9-17(11-15,18(19,20)21)24-14(4)23-7-2/h13-15H,6-11H2,1-5H3. The quantitative estimate of drug-likeness (QED) is 0.547. The van der Waals surface area contributed by atoms with E-state index < -0.39 is 18.1 Å². The molecular weight excluding hydrogens is 319 g/mol. The van der Waals surface area contributed by atoms with Crippen molar-refractivity contribution >= 4 is 0 Å². The van der Waals surface area contributed by atoms with Gasteiger partial charge in [-0.2, -0.15) is 18.4 Å². The summed E-state index contributed by atoms with van der Waals surface area (Å²) >= 11 is 0. The highest BCUT2D eigenvalue weighted by molar-refractivity contribution is 5.02. The zero-order chi connectivity index (χ0) is 18.6. The first-order valence-electron chi connectivity index (χ1n) is 8.79. The second-order valence-electron chi connectivity index (χ2n) is 7.31. The van der Waals surface area contributed by atoms with E-state index in [0.29, 0.717) is 19.4 Å². The van der Waals surface area contributed by atoms with Gasteiger partial charge in [0.25, 0.3) is 0 Å². The molecule has 0 saturated heterocycles. The molecule has 0 aliphatic heterocycles. The molecule has 1 saturated carbocycles. The molecule has 0 radical (unpaired) electrons. The fourth-order valence-corrected chi connectivity index (χ4v) is 3.97. The van der Waals surface area contributed by atoms with Crippen LogP contribution in [-0.2, 0) is 9.47 Å². The fourth-order valence-electron chi connectivity index (χ4n) is 3.97. The average Bonchev–Trinajstić information content (AvgIpc) is 2.93. The van der Waals surface area contributed by atoms with Gasteiger partial charge in [-0.3, -0.25) is 0 Å². The Kier molecular flexibility index (Phi) is 7.13. The lowest BCUT2D eigenvalue weighted by molar-refractivity contribution is -0.319. The highest BCUT2D eigenvalue weighted by atomic mass is 19.4. The Morgan fingerprint density at radius 3 is 2.38 bits per heavy atom. The molecule has 1 fully saturated rings. The van der Waals surface area contributed by atoms with Crippen LogP contribution in [0.2, 0.25) is 0 Å². The molecular formula is C18H30F3NO2. The summed E-state index contributed by atoms with van der Waals surface area (Å²) in [4.78, 5) is 0. The molecule has 0 aromatic heterocycles. The van der Waals surface area contributed by atoms with Crippen LogP contribution in [0.1, 0.15) is 66.7 Å². The maximum Gasteiger partial charge on any atom is 0.417 e. The highest BCUT2D eigenvalue weighted by Gasteiger charge is 2.62. The SMILES string of the molecule is CCOC(C)OC1(C(F)(F)F)CCC(C(C)(CC)CC(C)C#N)C1. The summed E-state index contributed by atoms with van der Waals surface area (Å²) in [6.45, 7) is 9.37. The van der Waals surface area contributed by atoms with Crippen LogP contribution in [0.4, 0.5) is 13.2 Å². The van der Waals surface area contributed by atoms with Gasteiger partial charge in [0, 0.05) is 12.5 Å². The van der Waals surface area contributed by atoms with Crippen LogP contribution >= 0.6 is 0 Å². The molecule has 1 rings (SSSR count). The summed E-state index contributed by atoms with van der Waals surface area (Å²) in [5, 5.41) is 9.08. The van der Waals surface area contributed by atoms with E-state index >= 15 is 0 Å². The minimum Gasteiger partial charge on any atom is -0.353 e. The van der Waals surface area contributed by atoms with E-state index in [9.17, 15) is 13.2 Å². The third-order valence-electron chi connectivity index (χ3n) is 5.57. The number of nitrogens with zero attached hydrogens (tertiary/aromatic N) is 1. The van der Waals surface area contributed by atoms with Crippen molar-refractivity contribution in [1.29, 1.82) is 5.26 Å². The molecule has 0 heterocycles. The molecule has 0 bridgehead atoms. The van der Waals surface area contributed by atoms with Crippen LogP contribution in [-0.4, -0.2) is 24.7 Å². The van der Waals surface area contributed by atoms with Crippen molar-refractivity contribution in [2.75, 3.05) is 6.61 Å². The van der Waals surface area contributed by atoms with E-state index in [1.807, 2.05) is 20.8 Å². The smallest absolute Gasteiger partial charge is 0.353 e. The first-order valence-corrected chi connectivity index (χ1v) is 8.79. The lowest BCUT2D eigenvalue weighted by Crippen LogP contribution is -2.48. The molecule has 0 aromatic rings. The van der Waals surface area contributed by atoms with Gasteiger partial charge < -0.3 is 9.47 Å². The van der Waals surface area contributed by atoms with Crippen molar-refractivity contribution in [2.45, 2.75) is 84.8 Å². The van der Waals surface area contributed by atoms with Crippen LogP contribution < -0.4 is 0 Å². The largest absolute Gasteiger partial charge is 0.417 e. The van der Waals surface area contributed by atoms with Gasteiger partial charge in [-0.1, -0.05) is 20.3 Å². The number of ether oxygens (including phenoxy) is 2. The van der Waals surface area contributed by atoms with Gasteiger partial charge in [0.1, 0.15) is 0 Å². The summed E-state index contributed by atoms with van der Waals surface area (Å²) in [6, 6.07) is 2.20. The lowest BCUT2D eigenvalue weighted by atomic mass is 9.68. The Bertz CT molecular complexity index is 449. The third kappa shape index (κ3) is 4.64. The van der Waals surface area contributed by atoms with Gasteiger partial charge in [-0.15, -0.1) is 0 Å². The molecule has 1 aliphatic carbocycles. The van der Waals surface area contributed by atoms with Crippen LogP contribution in [0.25, 0.3) is 0 Å². The summed E-state index contributed by atoms with van der Waals surface area (Å²) in [5.74, 6) is -0.284. The highest BCUT2D eigenvalue weighted by Crippen LogP contribution is 2.55. The average molecular weight is 349 g/mol. The van der Waals surface area contributed by atoms with Crippen LogP contribution in [0, 0.1) is 28.6 Å². The van der Waals surface area contributed by atoms with Gasteiger partial charge in [-0.05, 0) is 57.8 Å². The van der Waals surface area contributed by atoms with Crippen LogP contribution in [0.3, 0.4) is 0 Å². The van der Waals surface area contributed by atoms with Gasteiger partial charge in [-0.25, -0.2) is 0 Å². The Hall–Kier alpha value is -0.800. The van der Waals surface area contributed by atoms with Crippen molar-refractivity contribution < 1.29 is 22.6 Å². The van der Waals surface area contributed by atoms with Gasteiger partial charge in [0.15, 0.2) is 11.9 Å². The Balaban J connectivity index is 2.99. The number of alkyl halides is 3. The maximum atomic E-state index is 13.8. The molecule has 5 atom stereocenters. The first kappa shape index (κ1) is 21.2. The first-order chi connectivity index (χ1) is 11.0. The van der Waals surface area contributed by atoms with Crippen molar-refractivity contribution in [3.63, 3.8) is 0 Å². The Morgan fingerprint density at radius 1 is 1.29 bits per heavy atom. The molecule has 0 amide bonds. The van der Waals surface area contributed by atoms with Gasteiger partial charge in [0.05, 0.1) is 6.07 Å². The third-order valence-corrected chi connectivity index (χ3v) is 5.57. The van der Waals surface area contributed by atoms with E-state index in [1.54, 1.807) is 6.92 Å². The number of hydrogen-bond donors (Lipinski definition) is 0. The van der Waals surface area contributed by atoms with Crippen LogP contribution in [0.15, 0.2) is 0 Å². The number of rotatable bonds is 8. The molecule has 1 aliphatic rings. The molecule has 24 heavy (non-hydrogen) atoms. The topological polar surface area (TPSA) is 42.2 Å². The second kappa shape index (κ2) is 8.05. The van der Waals surface area contributed by atoms with E-state index in [4.69, 9.17) is 14.7 Å². The van der Waals surface area contributed by atoms with Crippen LogP contribution in [0.5, 0.6) is 0 Å². The Morgan fingerprint density at radius 2 is 1.92 bits per heavy atom. The normalized spacial score (nSPS) is 29.7. The number of halogens is 3. The molecule has 0 aromatic carbocycles. The van der Waals surface area contributed by atoms with E-state index in [0.717, 1.165) is 6.42 Å². The molecule has 140 valence electrons. The molecule has 3 nitrogen and oxygen atoms in total. The predicted molar refractivity (Wildman–Crippen MR) is 86.1 cm³/mol. The van der Waals surface area contributed by atoms with E-state index in [2.05, 4.69) is 6.07 Å². The summed E-state index contributed by atoms with van der Waals surface area (Å²) in [6.07, 6.45) is -3.60. The molecule has 5 unspecified atom stereocenters. The minimum absolute atomic E-state index is 0.0465. The predicted octanol–water partition coefficient (Wildman–Crippen LogP) is 5.45. The zero-order valence-corrected chi connectivity index (χ0v) is 15.4. The summed E-state index contributed by atoms with van der Waals surface area (Å²) in [7, 11) is 0. The van der Waals surface area contributed by atoms with E-state index in [1.165, 1.54) is 6.92 Å². The Labute approximate surface area is 143 Å². The van der Waals surface area contributed by atoms with Gasteiger partial charge in [0.2, 0.25) is 0 Å². The second-order valence-corrected chi connectivity index (χ2v) is 7.31. The zero-order valence-electron chi connectivity index (χ0n) is 15.4. The van der Waals surface area contributed by atoms with Crippen molar-refractivity contribution in [2.24, 2.45) is 17.3 Å². The lowest BCUT2D eigenvalue weighted by Gasteiger charge is -2.39. The minimum atomic E-state index is -4.43. The van der Waals surface area contributed by atoms with Crippen molar-refractivity contribution in [3.05, 3.63) is 0 Å². The van der Waals surface area contributed by atoms with E-state index in [-0.39, 0.29) is 30.1 Å². The number of nitriles is 1. The summed E-state index contributed by atoms with van der Waals surface area (Å²) in [5.41, 5.74) is -2.43. The molecule has 0 spiro atoms. The monoisotopic (exact) mass is 349 g/mol. The van der Waals surface area contributed by atoms with Gasteiger partial charge >= 0.3 is 6.18 Å². The number of hydrogen-bond acceptors (Lipinski definition) is 3. The molecule has 6 heteroatoms. The van der Waals surface area contributed by atoms with Crippen molar-refractivity contribution in [3.8, 4) is 6.07 Å². The maximum absolute atomic E-state index is 13.8.